The van der Waals surface area contributed by atoms with Crippen molar-refractivity contribution >= 4 is 52.1 Å². The Labute approximate surface area is 242 Å². The number of amides is 1. The van der Waals surface area contributed by atoms with Crippen LogP contribution in [0.15, 0.2) is 48.9 Å². The zero-order chi connectivity index (χ0) is 27.6. The number of morpholine rings is 1. The van der Waals surface area contributed by atoms with E-state index in [-0.39, 0.29) is 12.5 Å². The first kappa shape index (κ1) is 26.6. The molecule has 4 aromatic rings. The number of fused-ring (bicyclic) bond motifs is 1. The molecule has 2 saturated heterocycles. The fraction of sp³-hybridized carbons (Fsp3) is 0.357. The second kappa shape index (κ2) is 11.5. The summed E-state index contributed by atoms with van der Waals surface area (Å²) in [7, 11) is 0. The van der Waals surface area contributed by atoms with E-state index in [0.717, 1.165) is 53.0 Å². The third-order valence-corrected chi connectivity index (χ3v) is 7.93. The van der Waals surface area contributed by atoms with Crippen LogP contribution in [0, 0.1) is 6.92 Å². The Morgan fingerprint density at radius 3 is 2.40 bits per heavy atom. The van der Waals surface area contributed by atoms with Gasteiger partial charge in [0.05, 0.1) is 35.5 Å². The molecular weight excluding hydrogens is 551 g/mol. The number of aromatic nitrogens is 4. The van der Waals surface area contributed by atoms with Gasteiger partial charge in [-0.3, -0.25) is 14.2 Å². The fourth-order valence-electron chi connectivity index (χ4n) is 5.28. The van der Waals surface area contributed by atoms with Crippen molar-refractivity contribution in [3.8, 4) is 11.3 Å². The summed E-state index contributed by atoms with van der Waals surface area (Å²) in [6.45, 7) is 7.65. The topological polar surface area (TPSA) is 91.1 Å². The highest BCUT2D eigenvalue weighted by molar-refractivity contribution is 6.38. The maximum absolute atomic E-state index is 13.3. The van der Waals surface area contributed by atoms with Crippen molar-refractivity contribution in [2.75, 3.05) is 74.1 Å². The number of rotatable bonds is 6. The van der Waals surface area contributed by atoms with E-state index >= 15 is 0 Å². The fourth-order valence-corrected chi connectivity index (χ4v) is 5.89. The molecule has 2 fully saturated rings. The van der Waals surface area contributed by atoms with Crippen molar-refractivity contribution in [2.45, 2.75) is 6.92 Å². The molecule has 1 N–H and O–H groups in total. The molecule has 4 aromatic heterocycles. The Morgan fingerprint density at radius 2 is 1.70 bits per heavy atom. The van der Waals surface area contributed by atoms with Crippen molar-refractivity contribution in [2.24, 2.45) is 0 Å². The molecule has 0 aromatic carbocycles. The standard InChI is InChI=1S/C28H30Cl2N8O2/c1-19-3-2-4-24-34-26(20-5-6-23(32-15-20)35-11-13-40-14-12-35)28(38(19)24)33-18-25(39)36-7-9-37(10-8-36)27-21(29)16-31-17-22(27)30/h2-6,15-17,33H,7-14,18H2,1H3. The Kier molecular flexibility index (Phi) is 7.64. The van der Waals surface area contributed by atoms with Gasteiger partial charge in [0.2, 0.25) is 5.91 Å². The number of carbonyl (C=O) groups excluding carboxylic acids is 1. The van der Waals surface area contributed by atoms with Crippen LogP contribution in [0.5, 0.6) is 0 Å². The van der Waals surface area contributed by atoms with Gasteiger partial charge in [0.25, 0.3) is 0 Å². The molecule has 208 valence electrons. The normalized spacial score (nSPS) is 16.0. The van der Waals surface area contributed by atoms with Gasteiger partial charge in [0.1, 0.15) is 23.0 Å². The summed E-state index contributed by atoms with van der Waals surface area (Å²) in [5.41, 5.74) is 4.23. The molecule has 2 aliphatic heterocycles. The van der Waals surface area contributed by atoms with E-state index < -0.39 is 0 Å². The summed E-state index contributed by atoms with van der Waals surface area (Å²) >= 11 is 12.7. The molecule has 0 atom stereocenters. The number of hydrogen-bond donors (Lipinski definition) is 1. The maximum Gasteiger partial charge on any atom is 0.242 e. The van der Waals surface area contributed by atoms with E-state index in [0.29, 0.717) is 49.4 Å². The minimum absolute atomic E-state index is 0.0156. The van der Waals surface area contributed by atoms with Crippen molar-refractivity contribution in [1.29, 1.82) is 0 Å². The highest BCUT2D eigenvalue weighted by Gasteiger charge is 2.25. The van der Waals surface area contributed by atoms with Crippen LogP contribution in [0.25, 0.3) is 16.9 Å². The lowest BCUT2D eigenvalue weighted by atomic mass is 10.2. The lowest BCUT2D eigenvalue weighted by Gasteiger charge is -2.36. The second-order valence-corrected chi connectivity index (χ2v) is 10.7. The van der Waals surface area contributed by atoms with E-state index in [2.05, 4.69) is 20.1 Å². The number of nitrogens with one attached hydrogen (secondary N) is 1. The van der Waals surface area contributed by atoms with Crippen LogP contribution in [0.3, 0.4) is 0 Å². The Balaban J connectivity index is 1.18. The van der Waals surface area contributed by atoms with E-state index in [4.69, 9.17) is 37.9 Å². The van der Waals surface area contributed by atoms with Gasteiger partial charge in [-0.2, -0.15) is 0 Å². The highest BCUT2D eigenvalue weighted by Crippen LogP contribution is 2.33. The first-order valence-corrected chi connectivity index (χ1v) is 14.1. The first-order chi connectivity index (χ1) is 19.5. The maximum atomic E-state index is 13.3. The minimum Gasteiger partial charge on any atom is -0.378 e. The molecule has 40 heavy (non-hydrogen) atoms. The summed E-state index contributed by atoms with van der Waals surface area (Å²) in [6.07, 6.45) is 5.03. The highest BCUT2D eigenvalue weighted by atomic mass is 35.5. The summed E-state index contributed by atoms with van der Waals surface area (Å²) in [4.78, 5) is 33.1. The number of halogens is 2. The SMILES string of the molecule is Cc1cccc2nc(-c3ccc(N4CCOCC4)nc3)c(NCC(=O)N3CCN(c4c(Cl)cncc4Cl)CC3)n12. The van der Waals surface area contributed by atoms with Crippen LogP contribution in [0.1, 0.15) is 5.69 Å². The van der Waals surface area contributed by atoms with Crippen LogP contribution in [0.4, 0.5) is 17.3 Å². The van der Waals surface area contributed by atoms with Crippen LogP contribution in [0.2, 0.25) is 10.0 Å². The molecule has 0 radical (unpaired) electrons. The first-order valence-electron chi connectivity index (χ1n) is 13.3. The van der Waals surface area contributed by atoms with E-state index in [1.807, 2.05) is 52.8 Å². The van der Waals surface area contributed by atoms with Gasteiger partial charge in [0.15, 0.2) is 0 Å². The molecule has 2 aliphatic rings. The number of piperazine rings is 1. The number of pyridine rings is 3. The van der Waals surface area contributed by atoms with Gasteiger partial charge >= 0.3 is 0 Å². The summed E-state index contributed by atoms with van der Waals surface area (Å²) in [5, 5.41) is 4.42. The second-order valence-electron chi connectivity index (χ2n) is 9.85. The third kappa shape index (κ3) is 5.26. The molecule has 0 spiro atoms. The lowest BCUT2D eigenvalue weighted by molar-refractivity contribution is -0.129. The zero-order valence-electron chi connectivity index (χ0n) is 22.2. The predicted octanol–water partition coefficient (Wildman–Crippen LogP) is 4.00. The lowest BCUT2D eigenvalue weighted by Crippen LogP contribution is -2.50. The molecule has 6 heterocycles. The number of carbonyl (C=O) groups is 1. The Bertz CT molecular complexity index is 1490. The average Bonchev–Trinajstić information content (AvgIpc) is 3.36. The summed E-state index contributed by atoms with van der Waals surface area (Å²) in [5.74, 6) is 1.71. The molecule has 0 aliphatic carbocycles. The van der Waals surface area contributed by atoms with Gasteiger partial charge in [-0.15, -0.1) is 0 Å². The van der Waals surface area contributed by atoms with Gasteiger partial charge in [-0.05, 0) is 31.2 Å². The van der Waals surface area contributed by atoms with Crippen LogP contribution < -0.4 is 15.1 Å². The average molecular weight is 582 g/mol. The van der Waals surface area contributed by atoms with Crippen molar-refractivity contribution in [1.82, 2.24) is 24.3 Å². The number of ether oxygens (including phenoxy) is 1. The quantitative estimate of drug-likeness (QED) is 0.366. The summed E-state index contributed by atoms with van der Waals surface area (Å²) in [6, 6.07) is 10.0. The van der Waals surface area contributed by atoms with Crippen molar-refractivity contribution < 1.29 is 9.53 Å². The minimum atomic E-state index is 0.0156. The van der Waals surface area contributed by atoms with E-state index in [1.54, 1.807) is 12.4 Å². The number of aryl methyl sites for hydroxylation is 1. The van der Waals surface area contributed by atoms with Crippen LogP contribution >= 0.6 is 23.2 Å². The Morgan fingerprint density at radius 1 is 0.950 bits per heavy atom. The third-order valence-electron chi connectivity index (χ3n) is 7.38. The number of hydrogen-bond acceptors (Lipinski definition) is 8. The van der Waals surface area contributed by atoms with Crippen LogP contribution in [-0.4, -0.2) is 89.2 Å². The van der Waals surface area contributed by atoms with E-state index in [9.17, 15) is 4.79 Å². The summed E-state index contributed by atoms with van der Waals surface area (Å²) < 4.78 is 7.51. The molecular formula is C28H30Cl2N8O2. The van der Waals surface area contributed by atoms with Crippen molar-refractivity contribution in [3.63, 3.8) is 0 Å². The molecule has 1 amide bonds. The number of imidazole rings is 1. The zero-order valence-corrected chi connectivity index (χ0v) is 23.7. The monoisotopic (exact) mass is 580 g/mol. The van der Waals surface area contributed by atoms with Gasteiger partial charge in [-0.1, -0.05) is 29.3 Å². The molecule has 10 nitrogen and oxygen atoms in total. The number of nitrogens with zero attached hydrogens (tertiary/aromatic N) is 7. The Hall–Kier alpha value is -3.60. The largest absolute Gasteiger partial charge is 0.378 e. The molecule has 6 rings (SSSR count). The molecule has 0 bridgehead atoms. The number of anilines is 3. The smallest absolute Gasteiger partial charge is 0.242 e. The molecule has 0 unspecified atom stereocenters. The van der Waals surface area contributed by atoms with Gasteiger partial charge < -0.3 is 24.8 Å². The van der Waals surface area contributed by atoms with Gasteiger partial charge in [0, 0.05) is 69.1 Å². The molecule has 0 saturated carbocycles. The van der Waals surface area contributed by atoms with Crippen molar-refractivity contribution in [3.05, 3.63) is 64.7 Å². The van der Waals surface area contributed by atoms with Gasteiger partial charge in [-0.25, -0.2) is 9.97 Å². The predicted molar refractivity (Wildman–Crippen MR) is 158 cm³/mol. The molecule has 12 heteroatoms. The van der Waals surface area contributed by atoms with E-state index in [1.165, 1.54) is 0 Å². The van der Waals surface area contributed by atoms with Crippen LogP contribution in [-0.2, 0) is 9.53 Å².